The van der Waals surface area contributed by atoms with Gasteiger partial charge in [0.05, 0.1) is 22.4 Å². The second kappa shape index (κ2) is 19.4. The smallest absolute Gasteiger partial charge is 0.154 e. The highest BCUT2D eigenvalue weighted by Gasteiger charge is 2.28. The minimum Gasteiger partial charge on any atom is -0.457 e. The summed E-state index contributed by atoms with van der Waals surface area (Å²) in [6.07, 6.45) is 3.79. The number of aromatic nitrogens is 3. The van der Waals surface area contributed by atoms with Crippen molar-refractivity contribution in [2.45, 2.75) is 157 Å². The van der Waals surface area contributed by atoms with Crippen LogP contribution in [0.1, 0.15) is 158 Å². The van der Waals surface area contributed by atoms with Crippen molar-refractivity contribution in [2.24, 2.45) is 0 Å². The Labute approximate surface area is 454 Å². The molecule has 0 aliphatic heterocycles. The minimum atomic E-state index is -0.144. The minimum absolute atomic E-state index is 0.0236. The number of fused-ring (bicyclic) bond motifs is 3. The van der Waals surface area contributed by atoms with E-state index in [4.69, 9.17) is 14.7 Å². The van der Waals surface area contributed by atoms with E-state index in [0.717, 1.165) is 56.2 Å². The molecule has 0 fully saturated rings. The third kappa shape index (κ3) is 11.3. The SMILES string of the molecule is CC(C)(C)c1cc(-c2cc(C(C)(C)C)cc(-c3cc(C(C)(C)C)cc(C(C)(C)C)c3)c2Nc2ncccc2Nc2cccc(Oc3ccc4c5ccccc5n(-c5cc(C(C)(C)C)ccn5)c4c3)c2)cc(C(C)(C)C)c1. The van der Waals surface area contributed by atoms with Gasteiger partial charge in [0.2, 0.25) is 0 Å². The van der Waals surface area contributed by atoms with E-state index < -0.39 is 0 Å². The number of para-hydroxylation sites is 1. The standard InChI is InChI=1S/C70H81N5O/c1-65(2,3)46-30-32-71-62(41-46)75-60-27-20-19-25-55(60)56-29-28-54(43-61(56)75)76-53-24-21-23-52(42-53)73-59-26-22-31-72-64(59)74-63-57(44-33-47(66(4,5)6)37-48(34-44)67(7,8)9)39-51(70(16,17)18)40-58(63)45-35-49(68(10,11)12)38-50(36-45)69(13,14)15/h19-43,73H,1-18H3,(H,72,74). The fraction of sp³-hybridized carbons (Fsp3) is 0.343. The molecule has 0 bridgehead atoms. The molecule has 9 rings (SSSR count). The lowest BCUT2D eigenvalue weighted by atomic mass is 9.76. The van der Waals surface area contributed by atoms with Gasteiger partial charge in [-0.15, -0.1) is 0 Å². The molecule has 2 N–H and O–H groups in total. The zero-order valence-electron chi connectivity index (χ0n) is 48.7. The first-order valence-electron chi connectivity index (χ1n) is 27.2. The van der Waals surface area contributed by atoms with Gasteiger partial charge in [-0.2, -0.15) is 0 Å². The Kier molecular flexibility index (Phi) is 13.7. The fourth-order valence-electron chi connectivity index (χ4n) is 9.88. The number of anilines is 4. The zero-order chi connectivity index (χ0) is 54.9. The monoisotopic (exact) mass is 1010 g/mol. The van der Waals surface area contributed by atoms with Crippen LogP contribution in [-0.2, 0) is 32.5 Å². The van der Waals surface area contributed by atoms with E-state index in [9.17, 15) is 0 Å². The number of pyridine rings is 2. The predicted molar refractivity (Wildman–Crippen MR) is 325 cm³/mol. The number of benzene rings is 6. The van der Waals surface area contributed by atoms with Crippen LogP contribution in [0.3, 0.4) is 0 Å². The molecule has 3 aromatic heterocycles. The van der Waals surface area contributed by atoms with Gasteiger partial charge in [-0.05, 0) is 144 Å². The van der Waals surface area contributed by atoms with E-state index in [0.29, 0.717) is 11.6 Å². The summed E-state index contributed by atoms with van der Waals surface area (Å²) in [5.41, 5.74) is 16.7. The van der Waals surface area contributed by atoms with E-state index in [-0.39, 0.29) is 32.5 Å². The molecule has 76 heavy (non-hydrogen) atoms. The van der Waals surface area contributed by atoms with Gasteiger partial charge in [0.1, 0.15) is 17.3 Å². The normalized spacial score (nSPS) is 12.9. The van der Waals surface area contributed by atoms with Crippen molar-refractivity contribution >= 4 is 44.7 Å². The number of nitrogens with zero attached hydrogens (tertiary/aromatic N) is 3. The lowest BCUT2D eigenvalue weighted by molar-refractivity contribution is 0.483. The molecule has 0 amide bonds. The molecule has 6 nitrogen and oxygen atoms in total. The van der Waals surface area contributed by atoms with Crippen LogP contribution in [0.25, 0.3) is 49.9 Å². The highest BCUT2D eigenvalue weighted by Crippen LogP contribution is 2.47. The van der Waals surface area contributed by atoms with Crippen molar-refractivity contribution in [1.29, 1.82) is 0 Å². The van der Waals surface area contributed by atoms with E-state index >= 15 is 0 Å². The lowest BCUT2D eigenvalue weighted by Gasteiger charge is -2.30. The Balaban J connectivity index is 1.16. The van der Waals surface area contributed by atoms with Crippen LogP contribution in [-0.4, -0.2) is 14.5 Å². The van der Waals surface area contributed by atoms with Crippen LogP contribution in [0.15, 0.2) is 152 Å². The van der Waals surface area contributed by atoms with Crippen molar-refractivity contribution in [3.05, 3.63) is 185 Å². The summed E-state index contributed by atoms with van der Waals surface area (Å²) in [5, 5.41) is 10.1. The Morgan fingerprint density at radius 2 is 0.895 bits per heavy atom. The van der Waals surface area contributed by atoms with Gasteiger partial charge in [0.15, 0.2) is 5.82 Å². The molecule has 0 aliphatic carbocycles. The second-order valence-corrected chi connectivity index (χ2v) is 27.3. The molecule has 6 heteroatoms. The molecule has 0 spiro atoms. The quantitative estimate of drug-likeness (QED) is 0.151. The molecule has 6 aromatic carbocycles. The van der Waals surface area contributed by atoms with E-state index in [2.05, 4.69) is 261 Å². The van der Waals surface area contributed by atoms with Gasteiger partial charge < -0.3 is 15.4 Å². The summed E-state index contributed by atoms with van der Waals surface area (Å²) in [4.78, 5) is 10.0. The maximum atomic E-state index is 6.75. The molecule has 9 aromatic rings. The van der Waals surface area contributed by atoms with Crippen molar-refractivity contribution in [2.75, 3.05) is 10.6 Å². The van der Waals surface area contributed by atoms with Gasteiger partial charge >= 0.3 is 0 Å². The molecule has 0 atom stereocenters. The van der Waals surface area contributed by atoms with Crippen molar-refractivity contribution in [3.63, 3.8) is 0 Å². The summed E-state index contributed by atoms with van der Waals surface area (Å²) >= 11 is 0. The molecule has 392 valence electrons. The predicted octanol–water partition coefficient (Wildman–Crippen LogP) is 20.0. The van der Waals surface area contributed by atoms with Crippen molar-refractivity contribution < 1.29 is 4.74 Å². The largest absolute Gasteiger partial charge is 0.457 e. The number of hydrogen-bond donors (Lipinski definition) is 2. The van der Waals surface area contributed by atoms with Crippen molar-refractivity contribution in [1.82, 2.24) is 14.5 Å². The molecule has 0 saturated heterocycles. The van der Waals surface area contributed by atoms with Crippen molar-refractivity contribution in [3.8, 4) is 39.6 Å². The number of nitrogens with one attached hydrogen (secondary N) is 2. The fourth-order valence-corrected chi connectivity index (χ4v) is 9.88. The van der Waals surface area contributed by atoms with Crippen LogP contribution in [0.4, 0.5) is 22.9 Å². The molecular weight excluding hydrogens is 927 g/mol. The lowest BCUT2D eigenvalue weighted by Crippen LogP contribution is -2.17. The number of ether oxygens (including phenoxy) is 1. The third-order valence-corrected chi connectivity index (χ3v) is 14.8. The molecular formula is C70H81N5O. The van der Waals surface area contributed by atoms with E-state index in [1.165, 1.54) is 49.9 Å². The second-order valence-electron chi connectivity index (χ2n) is 27.3. The average molecular weight is 1010 g/mol. The zero-order valence-corrected chi connectivity index (χ0v) is 48.7. The Morgan fingerprint density at radius 1 is 0.382 bits per heavy atom. The molecule has 0 saturated carbocycles. The molecule has 0 radical (unpaired) electrons. The Hall–Kier alpha value is -7.18. The summed E-state index contributed by atoms with van der Waals surface area (Å²) in [6.45, 7) is 41.5. The maximum Gasteiger partial charge on any atom is 0.154 e. The summed E-state index contributed by atoms with van der Waals surface area (Å²) in [5.74, 6) is 3.04. The van der Waals surface area contributed by atoms with Gasteiger partial charge in [0.25, 0.3) is 0 Å². The van der Waals surface area contributed by atoms with E-state index in [1.54, 1.807) is 0 Å². The number of hydrogen-bond acceptors (Lipinski definition) is 5. The first-order valence-corrected chi connectivity index (χ1v) is 27.2. The number of rotatable bonds is 9. The maximum absolute atomic E-state index is 6.75. The summed E-state index contributed by atoms with van der Waals surface area (Å²) < 4.78 is 9.01. The van der Waals surface area contributed by atoms with E-state index in [1.807, 2.05) is 30.6 Å². The van der Waals surface area contributed by atoms with Crippen LogP contribution in [0, 0.1) is 0 Å². The first kappa shape index (κ1) is 53.6. The molecule has 0 aliphatic rings. The van der Waals surface area contributed by atoms with Gasteiger partial charge in [-0.3, -0.25) is 4.57 Å². The van der Waals surface area contributed by atoms with Crippen LogP contribution >= 0.6 is 0 Å². The topological polar surface area (TPSA) is 64.0 Å². The summed E-state index contributed by atoms with van der Waals surface area (Å²) in [7, 11) is 0. The highest BCUT2D eigenvalue weighted by atomic mass is 16.5. The van der Waals surface area contributed by atoms with Gasteiger partial charge in [-0.1, -0.05) is 185 Å². The Bertz CT molecular complexity index is 3460. The van der Waals surface area contributed by atoms with Gasteiger partial charge in [0, 0.05) is 52.1 Å². The molecule has 0 unspecified atom stereocenters. The Morgan fingerprint density at radius 3 is 1.45 bits per heavy atom. The molecule has 3 heterocycles. The highest BCUT2D eigenvalue weighted by molar-refractivity contribution is 6.09. The van der Waals surface area contributed by atoms with Crippen LogP contribution in [0.5, 0.6) is 11.5 Å². The average Bonchev–Trinajstić information content (AvgIpc) is 3.67. The van der Waals surface area contributed by atoms with Crippen LogP contribution in [0.2, 0.25) is 0 Å². The van der Waals surface area contributed by atoms with Gasteiger partial charge in [-0.25, -0.2) is 9.97 Å². The summed E-state index contributed by atoms with van der Waals surface area (Å²) in [6, 6.07) is 50.8. The first-order chi connectivity index (χ1) is 35.4. The van der Waals surface area contributed by atoms with Crippen LogP contribution < -0.4 is 15.4 Å². The third-order valence-electron chi connectivity index (χ3n) is 14.8.